The molecule has 76 valence electrons. The minimum atomic E-state index is 0.466. The summed E-state index contributed by atoms with van der Waals surface area (Å²) < 4.78 is 0. The van der Waals surface area contributed by atoms with Crippen LogP contribution in [0, 0.1) is 5.92 Å². The van der Waals surface area contributed by atoms with Gasteiger partial charge in [-0.05, 0) is 44.1 Å². The Labute approximate surface area is 84.9 Å². The number of nitrogens with zero attached hydrogens (tertiary/aromatic N) is 2. The number of likely N-dealkylation sites (tertiary alicyclic amines) is 1. The average Bonchev–Trinajstić information content (AvgIpc) is 2.61. The summed E-state index contributed by atoms with van der Waals surface area (Å²) in [6.45, 7) is 1.91. The fraction of sp³-hybridized carbons (Fsp3) is 0.545. The summed E-state index contributed by atoms with van der Waals surface area (Å²) >= 11 is 0. The largest absolute Gasteiger partial charge is 0.330 e. The Morgan fingerprint density at radius 1 is 1.64 bits per heavy atom. The van der Waals surface area contributed by atoms with Crippen LogP contribution < -0.4 is 5.73 Å². The predicted octanol–water partition coefficient (Wildman–Crippen LogP) is 1.03. The summed E-state index contributed by atoms with van der Waals surface area (Å²) in [5, 5.41) is 0. The first-order valence-corrected chi connectivity index (χ1v) is 5.13. The quantitative estimate of drug-likeness (QED) is 0.759. The van der Waals surface area contributed by atoms with Crippen LogP contribution in [0.5, 0.6) is 0 Å². The Morgan fingerprint density at radius 2 is 2.50 bits per heavy atom. The van der Waals surface area contributed by atoms with Crippen LogP contribution in [0.25, 0.3) is 0 Å². The fourth-order valence-corrected chi connectivity index (χ4v) is 2.35. The highest BCUT2D eigenvalue weighted by Crippen LogP contribution is 2.34. The number of aromatic nitrogens is 1. The molecule has 2 atom stereocenters. The van der Waals surface area contributed by atoms with E-state index < -0.39 is 0 Å². The molecule has 2 heterocycles. The highest BCUT2D eigenvalue weighted by molar-refractivity contribution is 5.16. The van der Waals surface area contributed by atoms with Crippen molar-refractivity contribution >= 4 is 0 Å². The van der Waals surface area contributed by atoms with Gasteiger partial charge in [-0.15, -0.1) is 0 Å². The van der Waals surface area contributed by atoms with Crippen LogP contribution >= 0.6 is 0 Å². The van der Waals surface area contributed by atoms with Gasteiger partial charge < -0.3 is 5.73 Å². The minimum Gasteiger partial charge on any atom is -0.330 e. The normalized spacial score (nSPS) is 28.1. The van der Waals surface area contributed by atoms with Crippen molar-refractivity contribution in [1.82, 2.24) is 9.88 Å². The second-order valence-electron chi connectivity index (χ2n) is 4.00. The molecule has 0 bridgehead atoms. The number of hydrogen-bond donors (Lipinski definition) is 1. The van der Waals surface area contributed by atoms with E-state index in [-0.39, 0.29) is 0 Å². The summed E-state index contributed by atoms with van der Waals surface area (Å²) in [6, 6.07) is 4.60. The van der Waals surface area contributed by atoms with Gasteiger partial charge in [0.1, 0.15) is 0 Å². The van der Waals surface area contributed by atoms with Gasteiger partial charge in [0.2, 0.25) is 0 Å². The van der Waals surface area contributed by atoms with Crippen LogP contribution in [0.3, 0.4) is 0 Å². The van der Waals surface area contributed by atoms with Crippen molar-refractivity contribution in [3.8, 4) is 0 Å². The van der Waals surface area contributed by atoms with E-state index in [1.807, 2.05) is 18.5 Å². The first kappa shape index (κ1) is 9.62. The summed E-state index contributed by atoms with van der Waals surface area (Å²) in [6.07, 6.45) is 4.97. The third kappa shape index (κ3) is 1.65. The smallest absolute Gasteiger partial charge is 0.0400 e. The van der Waals surface area contributed by atoms with E-state index in [4.69, 9.17) is 5.73 Å². The molecule has 1 aliphatic rings. The van der Waals surface area contributed by atoms with Gasteiger partial charge in [0.05, 0.1) is 0 Å². The highest BCUT2D eigenvalue weighted by Gasteiger charge is 2.31. The van der Waals surface area contributed by atoms with Crippen LogP contribution in [0.15, 0.2) is 24.5 Å². The molecule has 0 radical (unpaired) electrons. The fourth-order valence-electron chi connectivity index (χ4n) is 2.35. The van der Waals surface area contributed by atoms with Gasteiger partial charge in [-0.1, -0.05) is 6.07 Å². The summed E-state index contributed by atoms with van der Waals surface area (Å²) in [4.78, 5) is 6.53. The molecule has 2 N–H and O–H groups in total. The molecular formula is C11H17N3. The van der Waals surface area contributed by atoms with E-state index in [0.29, 0.717) is 12.0 Å². The first-order valence-electron chi connectivity index (χ1n) is 5.13. The lowest BCUT2D eigenvalue weighted by atomic mass is 9.95. The maximum atomic E-state index is 5.78. The molecule has 3 nitrogen and oxygen atoms in total. The van der Waals surface area contributed by atoms with Gasteiger partial charge in [-0.3, -0.25) is 9.88 Å². The molecule has 1 aromatic rings. The number of nitrogens with two attached hydrogens (primary N) is 1. The molecule has 0 aliphatic carbocycles. The molecule has 0 saturated carbocycles. The summed E-state index contributed by atoms with van der Waals surface area (Å²) in [7, 11) is 2.16. The van der Waals surface area contributed by atoms with Gasteiger partial charge in [0, 0.05) is 18.4 Å². The Kier molecular flexibility index (Phi) is 2.79. The predicted molar refractivity (Wildman–Crippen MR) is 56.8 cm³/mol. The maximum Gasteiger partial charge on any atom is 0.0400 e. The highest BCUT2D eigenvalue weighted by atomic mass is 15.2. The molecule has 3 heteroatoms. The molecule has 0 spiro atoms. The average molecular weight is 191 g/mol. The molecule has 1 fully saturated rings. The second kappa shape index (κ2) is 4.07. The molecule has 1 aliphatic heterocycles. The standard InChI is InChI=1S/C11H17N3/c1-14-6-4-9(7-12)11(14)10-3-2-5-13-8-10/h2-3,5,8-9,11H,4,6-7,12H2,1H3/t9?,11-/m0/s1. The minimum absolute atomic E-state index is 0.466. The molecule has 1 aromatic heterocycles. The first-order chi connectivity index (χ1) is 6.83. The number of rotatable bonds is 2. The van der Waals surface area contributed by atoms with Crippen molar-refractivity contribution in [3.63, 3.8) is 0 Å². The van der Waals surface area contributed by atoms with Crippen molar-refractivity contribution in [3.05, 3.63) is 30.1 Å². The molecular weight excluding hydrogens is 174 g/mol. The van der Waals surface area contributed by atoms with E-state index in [1.165, 1.54) is 12.0 Å². The molecule has 1 saturated heterocycles. The Bertz CT molecular complexity index is 286. The Balaban J connectivity index is 2.23. The van der Waals surface area contributed by atoms with Crippen LogP contribution in [0.4, 0.5) is 0 Å². The molecule has 0 amide bonds. The van der Waals surface area contributed by atoms with E-state index in [9.17, 15) is 0 Å². The van der Waals surface area contributed by atoms with Gasteiger partial charge >= 0.3 is 0 Å². The zero-order chi connectivity index (χ0) is 9.97. The monoisotopic (exact) mass is 191 g/mol. The third-order valence-electron chi connectivity index (χ3n) is 3.10. The lowest BCUT2D eigenvalue weighted by molar-refractivity contribution is 0.279. The molecule has 0 aromatic carbocycles. The zero-order valence-electron chi connectivity index (χ0n) is 8.56. The van der Waals surface area contributed by atoms with Crippen molar-refractivity contribution in [2.75, 3.05) is 20.1 Å². The van der Waals surface area contributed by atoms with E-state index in [2.05, 4.69) is 23.0 Å². The lowest BCUT2D eigenvalue weighted by Gasteiger charge is -2.24. The van der Waals surface area contributed by atoms with Crippen molar-refractivity contribution in [1.29, 1.82) is 0 Å². The summed E-state index contributed by atoms with van der Waals surface area (Å²) in [5.41, 5.74) is 7.07. The van der Waals surface area contributed by atoms with Gasteiger partial charge in [-0.25, -0.2) is 0 Å². The number of hydrogen-bond acceptors (Lipinski definition) is 3. The van der Waals surface area contributed by atoms with E-state index >= 15 is 0 Å². The third-order valence-corrected chi connectivity index (χ3v) is 3.10. The van der Waals surface area contributed by atoms with E-state index in [0.717, 1.165) is 13.1 Å². The number of pyridine rings is 1. The van der Waals surface area contributed by atoms with Crippen LogP contribution in [0.2, 0.25) is 0 Å². The van der Waals surface area contributed by atoms with E-state index in [1.54, 1.807) is 0 Å². The zero-order valence-corrected chi connectivity index (χ0v) is 8.56. The van der Waals surface area contributed by atoms with Crippen molar-refractivity contribution in [2.45, 2.75) is 12.5 Å². The molecule has 1 unspecified atom stereocenters. The van der Waals surface area contributed by atoms with Gasteiger partial charge in [0.15, 0.2) is 0 Å². The van der Waals surface area contributed by atoms with Crippen LogP contribution in [-0.4, -0.2) is 30.0 Å². The lowest BCUT2D eigenvalue weighted by Crippen LogP contribution is -2.25. The Morgan fingerprint density at radius 3 is 3.14 bits per heavy atom. The van der Waals surface area contributed by atoms with Gasteiger partial charge in [0.25, 0.3) is 0 Å². The van der Waals surface area contributed by atoms with Crippen LogP contribution in [0.1, 0.15) is 18.0 Å². The maximum absolute atomic E-state index is 5.78. The molecule has 14 heavy (non-hydrogen) atoms. The SMILES string of the molecule is CN1CCC(CN)[C@H]1c1cccnc1. The van der Waals surface area contributed by atoms with Gasteiger partial charge in [-0.2, -0.15) is 0 Å². The second-order valence-corrected chi connectivity index (χ2v) is 4.00. The molecule has 2 rings (SSSR count). The van der Waals surface area contributed by atoms with Crippen LogP contribution in [-0.2, 0) is 0 Å². The van der Waals surface area contributed by atoms with Crippen molar-refractivity contribution in [2.24, 2.45) is 11.7 Å². The topological polar surface area (TPSA) is 42.1 Å². The van der Waals surface area contributed by atoms with Crippen molar-refractivity contribution < 1.29 is 0 Å². The summed E-state index contributed by atoms with van der Waals surface area (Å²) in [5.74, 6) is 0.587. The Hall–Kier alpha value is -0.930.